The molecule has 1 N–H and O–H groups in total. The van der Waals surface area contributed by atoms with E-state index in [0.717, 1.165) is 25.3 Å². The number of nitrogens with zero attached hydrogens (tertiary/aromatic N) is 1. The molecule has 1 rings (SSSR count). The lowest BCUT2D eigenvalue weighted by Gasteiger charge is -2.21. The maximum atomic E-state index is 8.33. The molecule has 0 aliphatic carbocycles. The molecule has 0 spiro atoms. The molecule has 0 unspecified atom stereocenters. The van der Waals surface area contributed by atoms with E-state index in [4.69, 9.17) is 5.26 Å². The summed E-state index contributed by atoms with van der Waals surface area (Å²) in [4.78, 5) is 0. The molecule has 1 aliphatic rings. The van der Waals surface area contributed by atoms with Gasteiger partial charge in [0.15, 0.2) is 0 Å². The Labute approximate surface area is 62.2 Å². The molecule has 0 radical (unpaired) electrons. The van der Waals surface area contributed by atoms with Crippen molar-refractivity contribution in [2.24, 2.45) is 5.92 Å². The van der Waals surface area contributed by atoms with E-state index in [-0.39, 0.29) is 0 Å². The number of nitriles is 1. The zero-order chi connectivity index (χ0) is 7.23. The summed E-state index contributed by atoms with van der Waals surface area (Å²) in [5.41, 5.74) is 0. The number of piperidine rings is 1. The summed E-state index contributed by atoms with van der Waals surface area (Å²) in [5, 5.41) is 11.7. The molecule has 0 amide bonds. The molecule has 0 bridgehead atoms. The van der Waals surface area contributed by atoms with Crippen LogP contribution >= 0.6 is 0 Å². The van der Waals surface area contributed by atoms with E-state index in [1.165, 1.54) is 19.4 Å². The van der Waals surface area contributed by atoms with Crippen molar-refractivity contribution < 1.29 is 0 Å². The molecule has 1 fully saturated rings. The molecule has 1 saturated heterocycles. The Balaban J connectivity index is 2.09. The number of nitrogens with one attached hydrogen (secondary N) is 1. The van der Waals surface area contributed by atoms with Gasteiger partial charge in [-0.2, -0.15) is 5.26 Å². The molecule has 56 valence electrons. The number of rotatable bonds is 2. The maximum absolute atomic E-state index is 8.33. The van der Waals surface area contributed by atoms with E-state index in [1.54, 1.807) is 0 Å². The highest BCUT2D eigenvalue weighted by molar-refractivity contribution is 4.75. The normalized spacial score (nSPS) is 25.7. The average molecular weight is 138 g/mol. The lowest BCUT2D eigenvalue weighted by molar-refractivity contribution is 0.361. The van der Waals surface area contributed by atoms with Crippen LogP contribution in [0.3, 0.4) is 0 Å². The van der Waals surface area contributed by atoms with Gasteiger partial charge in [-0.05, 0) is 38.3 Å². The first-order valence-electron chi connectivity index (χ1n) is 4.01. The van der Waals surface area contributed by atoms with Crippen molar-refractivity contribution >= 4 is 0 Å². The lowest BCUT2D eigenvalue weighted by Crippen LogP contribution is -2.29. The van der Waals surface area contributed by atoms with Crippen molar-refractivity contribution in [2.75, 3.05) is 13.1 Å². The summed E-state index contributed by atoms with van der Waals surface area (Å²) in [6, 6.07) is 2.19. The summed E-state index contributed by atoms with van der Waals surface area (Å²) < 4.78 is 0. The van der Waals surface area contributed by atoms with Gasteiger partial charge in [0, 0.05) is 6.42 Å². The first kappa shape index (κ1) is 7.56. The summed E-state index contributed by atoms with van der Waals surface area (Å²) in [6.45, 7) is 2.30. The fraction of sp³-hybridized carbons (Fsp3) is 0.875. The Morgan fingerprint density at radius 1 is 1.60 bits per heavy atom. The topological polar surface area (TPSA) is 35.8 Å². The van der Waals surface area contributed by atoms with Gasteiger partial charge in [-0.25, -0.2) is 0 Å². The predicted octanol–water partition coefficient (Wildman–Crippen LogP) is 1.29. The van der Waals surface area contributed by atoms with Crippen LogP contribution in [0.15, 0.2) is 0 Å². The third-order valence-corrected chi connectivity index (χ3v) is 2.06. The summed E-state index contributed by atoms with van der Waals surface area (Å²) >= 11 is 0. The standard InChI is InChI=1S/C8H14N2/c9-5-1-3-8-4-2-6-10-7-8/h8,10H,1-4,6-7H2/t8-/m0/s1. The second-order valence-corrected chi connectivity index (χ2v) is 2.91. The Hall–Kier alpha value is -0.550. The van der Waals surface area contributed by atoms with Gasteiger partial charge in [0.1, 0.15) is 0 Å². The zero-order valence-corrected chi connectivity index (χ0v) is 6.27. The Bertz CT molecular complexity index is 120. The van der Waals surface area contributed by atoms with Crippen molar-refractivity contribution in [3.8, 4) is 6.07 Å². The third kappa shape index (κ3) is 2.36. The SMILES string of the molecule is N#CCC[C@H]1CCCNC1. The Morgan fingerprint density at radius 2 is 2.50 bits per heavy atom. The largest absolute Gasteiger partial charge is 0.316 e. The molecule has 1 heterocycles. The van der Waals surface area contributed by atoms with Gasteiger partial charge in [-0.15, -0.1) is 0 Å². The molecule has 1 aliphatic heterocycles. The molecule has 2 nitrogen and oxygen atoms in total. The van der Waals surface area contributed by atoms with Crippen molar-refractivity contribution in [1.82, 2.24) is 5.32 Å². The van der Waals surface area contributed by atoms with Crippen LogP contribution in [0.4, 0.5) is 0 Å². The molecule has 10 heavy (non-hydrogen) atoms. The molecule has 2 heteroatoms. The summed E-state index contributed by atoms with van der Waals surface area (Å²) in [7, 11) is 0. The predicted molar refractivity (Wildman–Crippen MR) is 40.4 cm³/mol. The van der Waals surface area contributed by atoms with Gasteiger partial charge < -0.3 is 5.32 Å². The summed E-state index contributed by atoms with van der Waals surface area (Å²) in [5.74, 6) is 0.772. The van der Waals surface area contributed by atoms with E-state index in [1.807, 2.05) is 0 Å². The molecule has 1 atom stereocenters. The second-order valence-electron chi connectivity index (χ2n) is 2.91. The molecular formula is C8H14N2. The second kappa shape index (κ2) is 4.29. The molecule has 0 saturated carbocycles. The van der Waals surface area contributed by atoms with E-state index in [0.29, 0.717) is 0 Å². The van der Waals surface area contributed by atoms with Crippen LogP contribution in [0.5, 0.6) is 0 Å². The molecule has 0 aromatic heterocycles. The average Bonchev–Trinajstić information content (AvgIpc) is 2.03. The van der Waals surface area contributed by atoms with Crippen LogP contribution < -0.4 is 5.32 Å². The van der Waals surface area contributed by atoms with Gasteiger partial charge in [0.25, 0.3) is 0 Å². The van der Waals surface area contributed by atoms with Crippen LogP contribution in [0, 0.1) is 17.2 Å². The minimum atomic E-state index is 0.729. The molecule has 0 aromatic carbocycles. The summed E-state index contributed by atoms with van der Waals surface area (Å²) in [6.07, 6.45) is 4.42. The number of hydrogen-bond donors (Lipinski definition) is 1. The van der Waals surface area contributed by atoms with Crippen molar-refractivity contribution in [3.05, 3.63) is 0 Å². The Kier molecular flexibility index (Phi) is 3.25. The zero-order valence-electron chi connectivity index (χ0n) is 6.27. The van der Waals surface area contributed by atoms with E-state index < -0.39 is 0 Å². The minimum absolute atomic E-state index is 0.729. The quantitative estimate of drug-likeness (QED) is 0.624. The third-order valence-electron chi connectivity index (χ3n) is 2.06. The van der Waals surface area contributed by atoms with Gasteiger partial charge >= 0.3 is 0 Å². The lowest BCUT2D eigenvalue weighted by atomic mass is 9.95. The van der Waals surface area contributed by atoms with Crippen LogP contribution in [0.2, 0.25) is 0 Å². The first-order valence-corrected chi connectivity index (χ1v) is 4.01. The minimum Gasteiger partial charge on any atom is -0.316 e. The van der Waals surface area contributed by atoms with Crippen LogP contribution in [0.1, 0.15) is 25.7 Å². The first-order chi connectivity index (χ1) is 4.93. The highest BCUT2D eigenvalue weighted by Crippen LogP contribution is 2.14. The van der Waals surface area contributed by atoms with Crippen LogP contribution in [-0.2, 0) is 0 Å². The highest BCUT2D eigenvalue weighted by Gasteiger charge is 2.11. The van der Waals surface area contributed by atoms with Gasteiger partial charge in [-0.1, -0.05) is 0 Å². The van der Waals surface area contributed by atoms with E-state index in [9.17, 15) is 0 Å². The molecular weight excluding hydrogens is 124 g/mol. The fourth-order valence-electron chi connectivity index (χ4n) is 1.44. The van der Waals surface area contributed by atoms with Crippen LogP contribution in [0.25, 0.3) is 0 Å². The molecule has 0 aromatic rings. The van der Waals surface area contributed by atoms with Gasteiger partial charge in [-0.3, -0.25) is 0 Å². The van der Waals surface area contributed by atoms with Crippen LogP contribution in [-0.4, -0.2) is 13.1 Å². The fourth-order valence-corrected chi connectivity index (χ4v) is 1.44. The van der Waals surface area contributed by atoms with Crippen molar-refractivity contribution in [3.63, 3.8) is 0 Å². The maximum Gasteiger partial charge on any atom is 0.0621 e. The van der Waals surface area contributed by atoms with Crippen molar-refractivity contribution in [2.45, 2.75) is 25.7 Å². The van der Waals surface area contributed by atoms with E-state index >= 15 is 0 Å². The highest BCUT2D eigenvalue weighted by atomic mass is 14.9. The van der Waals surface area contributed by atoms with Crippen molar-refractivity contribution in [1.29, 1.82) is 5.26 Å². The van der Waals surface area contributed by atoms with E-state index in [2.05, 4.69) is 11.4 Å². The van der Waals surface area contributed by atoms with Gasteiger partial charge in [0.2, 0.25) is 0 Å². The monoisotopic (exact) mass is 138 g/mol. The Morgan fingerprint density at radius 3 is 3.10 bits per heavy atom. The van der Waals surface area contributed by atoms with Gasteiger partial charge in [0.05, 0.1) is 6.07 Å². The number of hydrogen-bond acceptors (Lipinski definition) is 2. The smallest absolute Gasteiger partial charge is 0.0621 e.